The van der Waals surface area contributed by atoms with E-state index in [1.165, 1.54) is 6.20 Å². The molecule has 1 aromatic heterocycles. The molecule has 1 aromatic rings. The first-order valence-electron chi connectivity index (χ1n) is 5.27. The van der Waals surface area contributed by atoms with E-state index in [1.807, 2.05) is 6.07 Å². The van der Waals surface area contributed by atoms with Crippen molar-refractivity contribution in [1.82, 2.24) is 9.97 Å². The number of hydrogen-bond donors (Lipinski definition) is 2. The molecule has 5 heteroatoms. The van der Waals surface area contributed by atoms with Crippen LogP contribution in [0, 0.1) is 17.2 Å². The predicted molar refractivity (Wildman–Crippen MR) is 60.7 cm³/mol. The molecule has 0 bridgehead atoms. The van der Waals surface area contributed by atoms with Crippen molar-refractivity contribution in [3.63, 3.8) is 0 Å². The summed E-state index contributed by atoms with van der Waals surface area (Å²) in [5.74, 6) is 0.831. The fourth-order valence-corrected chi connectivity index (χ4v) is 1.41. The highest BCUT2D eigenvalue weighted by Crippen LogP contribution is 2.14. The van der Waals surface area contributed by atoms with Crippen molar-refractivity contribution >= 4 is 5.82 Å². The van der Waals surface area contributed by atoms with Crippen LogP contribution in [0.3, 0.4) is 0 Å². The van der Waals surface area contributed by atoms with Gasteiger partial charge in [-0.05, 0) is 12.3 Å². The second-order valence-corrected chi connectivity index (χ2v) is 3.87. The molecule has 86 valence electrons. The van der Waals surface area contributed by atoms with Crippen LogP contribution in [-0.4, -0.2) is 27.7 Å². The smallest absolute Gasteiger partial charge is 0.182 e. The highest BCUT2D eigenvalue weighted by atomic mass is 16.3. The van der Waals surface area contributed by atoms with E-state index in [2.05, 4.69) is 29.1 Å². The second kappa shape index (κ2) is 6.03. The average molecular weight is 220 g/mol. The Hall–Kier alpha value is -1.67. The highest BCUT2D eigenvalue weighted by Gasteiger charge is 2.15. The Morgan fingerprint density at radius 1 is 1.44 bits per heavy atom. The second-order valence-electron chi connectivity index (χ2n) is 3.87. The maximum Gasteiger partial charge on any atom is 0.182 e. The summed E-state index contributed by atoms with van der Waals surface area (Å²) in [7, 11) is 0. The van der Waals surface area contributed by atoms with E-state index in [0.717, 1.165) is 0 Å². The number of aliphatic hydroxyl groups excluding tert-OH is 1. The summed E-state index contributed by atoms with van der Waals surface area (Å²) in [4.78, 5) is 8.00. The molecule has 16 heavy (non-hydrogen) atoms. The Bertz CT molecular complexity index is 372. The summed E-state index contributed by atoms with van der Waals surface area (Å²) in [5, 5.41) is 20.9. The molecule has 0 aromatic carbocycles. The Morgan fingerprint density at radius 2 is 2.12 bits per heavy atom. The van der Waals surface area contributed by atoms with Gasteiger partial charge in [0, 0.05) is 25.0 Å². The van der Waals surface area contributed by atoms with E-state index in [0.29, 0.717) is 18.2 Å². The van der Waals surface area contributed by atoms with Gasteiger partial charge in [0.25, 0.3) is 0 Å². The van der Waals surface area contributed by atoms with Crippen LogP contribution in [0.1, 0.15) is 26.0 Å². The van der Waals surface area contributed by atoms with Gasteiger partial charge in [-0.25, -0.2) is 9.97 Å². The first-order valence-corrected chi connectivity index (χ1v) is 5.27. The van der Waals surface area contributed by atoms with Crippen LogP contribution in [-0.2, 0) is 0 Å². The topological polar surface area (TPSA) is 81.8 Å². The zero-order chi connectivity index (χ0) is 12.0. The normalized spacial score (nSPS) is 12.2. The van der Waals surface area contributed by atoms with Gasteiger partial charge in [0.05, 0.1) is 0 Å². The minimum absolute atomic E-state index is 0.0915. The molecule has 0 spiro atoms. The lowest BCUT2D eigenvalue weighted by Crippen LogP contribution is -2.27. The molecule has 2 N–H and O–H groups in total. The summed E-state index contributed by atoms with van der Waals surface area (Å²) >= 11 is 0. The molecule has 1 rings (SSSR count). The number of anilines is 1. The summed E-state index contributed by atoms with van der Waals surface area (Å²) in [6.07, 6.45) is 3.65. The molecule has 1 unspecified atom stereocenters. The molecular weight excluding hydrogens is 204 g/mol. The molecule has 1 heterocycles. The molecular formula is C11H16N4O. The van der Waals surface area contributed by atoms with Crippen LogP contribution in [0.4, 0.5) is 5.82 Å². The van der Waals surface area contributed by atoms with Crippen molar-refractivity contribution in [2.45, 2.75) is 26.3 Å². The van der Waals surface area contributed by atoms with Crippen molar-refractivity contribution in [2.24, 2.45) is 5.92 Å². The maximum absolute atomic E-state index is 8.95. The molecule has 5 nitrogen and oxygen atoms in total. The van der Waals surface area contributed by atoms with Crippen LogP contribution in [0.2, 0.25) is 0 Å². The van der Waals surface area contributed by atoms with E-state index in [9.17, 15) is 0 Å². The maximum atomic E-state index is 8.95. The zero-order valence-electron chi connectivity index (χ0n) is 9.51. The quantitative estimate of drug-likeness (QED) is 0.778. The fourth-order valence-electron chi connectivity index (χ4n) is 1.41. The molecule has 0 aliphatic heterocycles. The summed E-state index contributed by atoms with van der Waals surface area (Å²) in [5.41, 5.74) is 0.283. The van der Waals surface area contributed by atoms with E-state index < -0.39 is 0 Å². The van der Waals surface area contributed by atoms with Gasteiger partial charge < -0.3 is 10.4 Å². The van der Waals surface area contributed by atoms with Crippen LogP contribution in [0.15, 0.2) is 12.4 Å². The van der Waals surface area contributed by atoms with E-state index in [1.54, 1.807) is 6.20 Å². The molecule has 1 atom stereocenters. The Kier molecular flexibility index (Phi) is 4.67. The monoisotopic (exact) mass is 220 g/mol. The number of aromatic nitrogens is 2. The number of hydrogen-bond acceptors (Lipinski definition) is 5. The molecule has 0 fully saturated rings. The molecule has 0 radical (unpaired) electrons. The first kappa shape index (κ1) is 12.4. The number of rotatable bonds is 5. The Labute approximate surface area is 95.2 Å². The van der Waals surface area contributed by atoms with Crippen molar-refractivity contribution in [2.75, 3.05) is 11.9 Å². The molecule has 0 aliphatic rings. The third kappa shape index (κ3) is 3.17. The lowest BCUT2D eigenvalue weighted by molar-refractivity contribution is 0.267. The predicted octanol–water partition coefficient (Wildman–Crippen LogP) is 1.17. The minimum atomic E-state index is 0.0915. The van der Waals surface area contributed by atoms with Crippen molar-refractivity contribution in [3.05, 3.63) is 18.1 Å². The van der Waals surface area contributed by atoms with Crippen LogP contribution >= 0.6 is 0 Å². The van der Waals surface area contributed by atoms with Crippen LogP contribution < -0.4 is 5.32 Å². The lowest BCUT2D eigenvalue weighted by Gasteiger charge is -2.22. The SMILES string of the molecule is CC(C)C(CCO)Nc1nccnc1C#N. The number of aliphatic hydroxyl groups is 1. The van der Waals surface area contributed by atoms with Gasteiger partial charge >= 0.3 is 0 Å². The van der Waals surface area contributed by atoms with Gasteiger partial charge in [-0.15, -0.1) is 0 Å². The van der Waals surface area contributed by atoms with E-state index >= 15 is 0 Å². The average Bonchev–Trinajstić information content (AvgIpc) is 2.29. The van der Waals surface area contributed by atoms with Crippen molar-refractivity contribution in [3.8, 4) is 6.07 Å². The van der Waals surface area contributed by atoms with Gasteiger partial charge in [0.15, 0.2) is 11.5 Å². The Morgan fingerprint density at radius 3 is 2.69 bits per heavy atom. The third-order valence-corrected chi connectivity index (χ3v) is 2.37. The largest absolute Gasteiger partial charge is 0.396 e. The summed E-state index contributed by atoms with van der Waals surface area (Å²) in [6, 6.07) is 2.07. The van der Waals surface area contributed by atoms with Crippen LogP contribution in [0.5, 0.6) is 0 Å². The molecule has 0 saturated heterocycles. The number of nitrogens with zero attached hydrogens (tertiary/aromatic N) is 3. The summed E-state index contributed by atoms with van der Waals surface area (Å²) in [6.45, 7) is 4.21. The molecule has 0 saturated carbocycles. The first-order chi connectivity index (χ1) is 7.69. The van der Waals surface area contributed by atoms with Gasteiger partial charge in [0.1, 0.15) is 6.07 Å². The standard InChI is InChI=1S/C11H16N4O/c1-8(2)9(3-6-16)15-11-10(7-12)13-4-5-14-11/h4-5,8-9,16H,3,6H2,1-2H3,(H,14,15). The minimum Gasteiger partial charge on any atom is -0.396 e. The lowest BCUT2D eigenvalue weighted by atomic mass is 10.0. The highest BCUT2D eigenvalue weighted by molar-refractivity contribution is 5.47. The van der Waals surface area contributed by atoms with Crippen molar-refractivity contribution < 1.29 is 5.11 Å². The van der Waals surface area contributed by atoms with E-state index in [4.69, 9.17) is 10.4 Å². The van der Waals surface area contributed by atoms with Gasteiger partial charge in [0.2, 0.25) is 0 Å². The molecule has 0 aliphatic carbocycles. The Balaban J connectivity index is 2.81. The summed E-state index contributed by atoms with van der Waals surface area (Å²) < 4.78 is 0. The zero-order valence-corrected chi connectivity index (χ0v) is 9.51. The van der Waals surface area contributed by atoms with Gasteiger partial charge in [-0.3, -0.25) is 0 Å². The molecule has 0 amide bonds. The van der Waals surface area contributed by atoms with Gasteiger partial charge in [-0.2, -0.15) is 5.26 Å². The number of nitrogens with one attached hydrogen (secondary N) is 1. The fraction of sp³-hybridized carbons (Fsp3) is 0.545. The van der Waals surface area contributed by atoms with Gasteiger partial charge in [-0.1, -0.05) is 13.8 Å². The van der Waals surface area contributed by atoms with Crippen LogP contribution in [0.25, 0.3) is 0 Å². The third-order valence-electron chi connectivity index (χ3n) is 2.37. The van der Waals surface area contributed by atoms with Crippen molar-refractivity contribution in [1.29, 1.82) is 5.26 Å². The van der Waals surface area contributed by atoms with E-state index in [-0.39, 0.29) is 18.3 Å². The number of nitriles is 1.